The Kier molecular flexibility index (Phi) is 10.2. The Balaban J connectivity index is 1.17. The fourth-order valence-electron chi connectivity index (χ4n) is 7.27. The minimum absolute atomic E-state index is 0.128. The Hall–Kier alpha value is -3.75. The standard InChI is InChI=1S/C33H41ClF3N7O4/c1-38-29-24(33(35,36)37)18-21(19-25(29)34)20-28(30(45)42-16-14-41(15-17-42)22-6-10-39-11-7-22)48-32(47)43-12-8-23(9-13-43)44-27-5-3-2-4-26(27)40-31(44)46/h2-5,18-19,22-23,28,38-39H,6-17,20H2,1H3,(H,40,46)/t28-/m1/s1. The molecule has 3 fully saturated rings. The van der Waals surface area contributed by atoms with Gasteiger partial charge in [0, 0.05) is 64.8 Å². The highest BCUT2D eigenvalue weighted by atomic mass is 35.5. The molecule has 0 unspecified atom stereocenters. The number of fused-ring (bicyclic) bond motifs is 1. The van der Waals surface area contributed by atoms with Crippen molar-refractivity contribution >= 4 is 40.3 Å². The molecule has 3 saturated heterocycles. The van der Waals surface area contributed by atoms with Crippen LogP contribution in [0.4, 0.5) is 23.7 Å². The number of carbonyl (C=O) groups is 2. The van der Waals surface area contributed by atoms with Gasteiger partial charge >= 0.3 is 18.0 Å². The summed E-state index contributed by atoms with van der Waals surface area (Å²) >= 11 is 6.26. The van der Waals surface area contributed by atoms with Crippen LogP contribution in [0.15, 0.2) is 41.2 Å². The van der Waals surface area contributed by atoms with Gasteiger partial charge in [0.05, 0.1) is 27.3 Å². The zero-order valence-corrected chi connectivity index (χ0v) is 27.6. The predicted molar refractivity (Wildman–Crippen MR) is 176 cm³/mol. The van der Waals surface area contributed by atoms with Gasteiger partial charge in [0.25, 0.3) is 5.91 Å². The zero-order valence-electron chi connectivity index (χ0n) is 26.8. The number of aromatic amines is 1. The van der Waals surface area contributed by atoms with Crippen LogP contribution in [0.2, 0.25) is 5.02 Å². The van der Waals surface area contributed by atoms with Crippen LogP contribution in [0.5, 0.6) is 0 Å². The number of aromatic nitrogens is 2. The summed E-state index contributed by atoms with van der Waals surface area (Å²) in [5, 5.41) is 5.72. The third kappa shape index (κ3) is 7.30. The third-order valence-corrected chi connectivity index (χ3v) is 10.1. The van der Waals surface area contributed by atoms with Crippen molar-refractivity contribution in [3.63, 3.8) is 0 Å². The van der Waals surface area contributed by atoms with Crippen molar-refractivity contribution in [2.45, 2.75) is 56.5 Å². The van der Waals surface area contributed by atoms with Crippen molar-refractivity contribution in [1.82, 2.24) is 29.6 Å². The molecule has 260 valence electrons. The van der Waals surface area contributed by atoms with Gasteiger partial charge in [0.2, 0.25) is 0 Å². The van der Waals surface area contributed by atoms with Gasteiger partial charge in [-0.1, -0.05) is 23.7 Å². The van der Waals surface area contributed by atoms with Gasteiger partial charge in [-0.2, -0.15) is 13.2 Å². The number of H-pyrrole nitrogens is 1. The molecule has 0 aliphatic carbocycles. The van der Waals surface area contributed by atoms with Crippen molar-refractivity contribution in [2.75, 3.05) is 64.7 Å². The van der Waals surface area contributed by atoms with E-state index >= 15 is 0 Å². The quantitative estimate of drug-likeness (QED) is 0.338. The Morgan fingerprint density at radius 2 is 1.67 bits per heavy atom. The fraction of sp³-hybridized carbons (Fsp3) is 0.545. The number of para-hydroxylation sites is 2. The van der Waals surface area contributed by atoms with E-state index in [1.165, 1.54) is 18.0 Å². The number of nitrogens with one attached hydrogen (secondary N) is 3. The van der Waals surface area contributed by atoms with E-state index in [0.717, 1.165) is 43.0 Å². The van der Waals surface area contributed by atoms with Gasteiger partial charge in [-0.3, -0.25) is 14.3 Å². The molecule has 0 radical (unpaired) electrons. The van der Waals surface area contributed by atoms with Gasteiger partial charge in [-0.05, 0) is 68.6 Å². The second kappa shape index (κ2) is 14.4. The molecule has 3 aliphatic heterocycles. The van der Waals surface area contributed by atoms with E-state index in [-0.39, 0.29) is 47.5 Å². The van der Waals surface area contributed by atoms with Crippen LogP contribution in [0.3, 0.4) is 0 Å². The smallest absolute Gasteiger partial charge is 0.418 e. The molecule has 3 aliphatic rings. The Bertz CT molecular complexity index is 1670. The lowest BCUT2D eigenvalue weighted by molar-refractivity contribution is -0.143. The average Bonchev–Trinajstić information content (AvgIpc) is 3.43. The topological polar surface area (TPSA) is 115 Å². The first-order chi connectivity index (χ1) is 23.0. The zero-order chi connectivity index (χ0) is 34.0. The van der Waals surface area contributed by atoms with Crippen molar-refractivity contribution in [3.05, 3.63) is 63.0 Å². The molecular weight excluding hydrogens is 651 g/mol. The lowest BCUT2D eigenvalue weighted by atomic mass is 10.0. The molecule has 2 amide bonds. The molecule has 1 atom stereocenters. The molecular formula is C33H41ClF3N7O4. The normalized spacial score (nSPS) is 19.4. The molecule has 3 aromatic rings. The van der Waals surface area contributed by atoms with E-state index in [0.29, 0.717) is 45.1 Å². The predicted octanol–water partition coefficient (Wildman–Crippen LogP) is 4.32. The number of amides is 2. The average molecular weight is 692 g/mol. The summed E-state index contributed by atoms with van der Waals surface area (Å²) in [6, 6.07) is 10.0. The highest BCUT2D eigenvalue weighted by molar-refractivity contribution is 6.33. The van der Waals surface area contributed by atoms with Gasteiger partial charge in [-0.15, -0.1) is 0 Å². The van der Waals surface area contributed by atoms with Gasteiger partial charge in [0.15, 0.2) is 6.10 Å². The molecule has 11 nitrogen and oxygen atoms in total. The molecule has 3 N–H and O–H groups in total. The summed E-state index contributed by atoms with van der Waals surface area (Å²) in [6.45, 7) is 4.65. The number of hydrogen-bond donors (Lipinski definition) is 3. The van der Waals surface area contributed by atoms with E-state index in [2.05, 4.69) is 20.5 Å². The maximum atomic E-state index is 14.0. The number of alkyl halides is 3. The summed E-state index contributed by atoms with van der Waals surface area (Å²) in [6.07, 6.45) is -4.00. The lowest BCUT2D eigenvalue weighted by Crippen LogP contribution is -2.56. The molecule has 4 heterocycles. The third-order valence-electron chi connectivity index (χ3n) is 9.81. The maximum Gasteiger partial charge on any atom is 0.418 e. The number of nitrogens with zero attached hydrogens (tertiary/aromatic N) is 4. The number of imidazole rings is 1. The number of hydrogen-bond acceptors (Lipinski definition) is 7. The van der Waals surface area contributed by atoms with E-state index < -0.39 is 29.8 Å². The summed E-state index contributed by atoms with van der Waals surface area (Å²) in [5.74, 6) is -0.448. The number of piperazine rings is 1. The van der Waals surface area contributed by atoms with Crippen molar-refractivity contribution in [3.8, 4) is 0 Å². The Morgan fingerprint density at radius 1 is 0.979 bits per heavy atom. The first kappa shape index (κ1) is 34.1. The van der Waals surface area contributed by atoms with Crippen LogP contribution in [0.1, 0.15) is 42.9 Å². The van der Waals surface area contributed by atoms with Crippen LogP contribution >= 0.6 is 11.6 Å². The minimum atomic E-state index is -4.70. The van der Waals surface area contributed by atoms with E-state index in [4.69, 9.17) is 16.3 Å². The van der Waals surface area contributed by atoms with E-state index in [1.54, 1.807) is 9.47 Å². The molecule has 0 spiro atoms. The summed E-state index contributed by atoms with van der Waals surface area (Å²) in [4.78, 5) is 48.6. The number of benzene rings is 2. The minimum Gasteiger partial charge on any atom is -0.436 e. The Morgan fingerprint density at radius 3 is 2.33 bits per heavy atom. The highest BCUT2D eigenvalue weighted by Crippen LogP contribution is 2.40. The van der Waals surface area contributed by atoms with Crippen LogP contribution < -0.4 is 16.3 Å². The number of likely N-dealkylation sites (tertiary alicyclic amines) is 1. The number of anilines is 1. The van der Waals surface area contributed by atoms with Gasteiger partial charge in [0.1, 0.15) is 0 Å². The fourth-order valence-corrected chi connectivity index (χ4v) is 7.61. The molecule has 1 aromatic heterocycles. The van der Waals surface area contributed by atoms with Gasteiger partial charge < -0.3 is 30.2 Å². The first-order valence-corrected chi connectivity index (χ1v) is 16.9. The summed E-state index contributed by atoms with van der Waals surface area (Å²) in [5.41, 5.74) is 0.205. The number of carbonyl (C=O) groups excluding carboxylic acids is 2. The molecule has 15 heteroatoms. The van der Waals surface area contributed by atoms with Crippen LogP contribution in [-0.2, 0) is 22.1 Å². The number of piperidine rings is 2. The monoisotopic (exact) mass is 691 g/mol. The van der Waals surface area contributed by atoms with E-state index in [9.17, 15) is 27.6 Å². The van der Waals surface area contributed by atoms with Crippen molar-refractivity contribution in [1.29, 1.82) is 0 Å². The summed E-state index contributed by atoms with van der Waals surface area (Å²) in [7, 11) is 1.35. The first-order valence-electron chi connectivity index (χ1n) is 16.5. The Labute approximate surface area is 281 Å². The van der Waals surface area contributed by atoms with E-state index in [1.807, 2.05) is 24.3 Å². The number of halogens is 4. The largest absolute Gasteiger partial charge is 0.436 e. The number of rotatable bonds is 7. The molecule has 0 saturated carbocycles. The highest BCUT2D eigenvalue weighted by Gasteiger charge is 2.38. The van der Waals surface area contributed by atoms with Crippen LogP contribution in [-0.4, -0.2) is 108 Å². The molecule has 48 heavy (non-hydrogen) atoms. The molecule has 0 bridgehead atoms. The van der Waals surface area contributed by atoms with Crippen LogP contribution in [0, 0.1) is 0 Å². The molecule has 2 aromatic carbocycles. The van der Waals surface area contributed by atoms with Crippen molar-refractivity contribution < 1.29 is 27.5 Å². The maximum absolute atomic E-state index is 14.0. The van der Waals surface area contributed by atoms with Crippen LogP contribution in [0.25, 0.3) is 11.0 Å². The molecule has 6 rings (SSSR count). The SMILES string of the molecule is CNc1c(Cl)cc(C[C@@H](OC(=O)N2CCC(n3c(=O)[nH]c4ccccc43)CC2)C(=O)N2CCN(C3CCNCC3)CC2)cc1C(F)(F)F. The summed E-state index contributed by atoms with van der Waals surface area (Å²) < 4.78 is 49.5. The van der Waals surface area contributed by atoms with Gasteiger partial charge in [-0.25, -0.2) is 9.59 Å². The number of ether oxygens (including phenoxy) is 1. The van der Waals surface area contributed by atoms with Crippen molar-refractivity contribution in [2.24, 2.45) is 0 Å². The lowest BCUT2D eigenvalue weighted by Gasteiger charge is -2.41. The second-order valence-corrected chi connectivity index (χ2v) is 13.1. The second-order valence-electron chi connectivity index (χ2n) is 12.7.